The van der Waals surface area contributed by atoms with Crippen LogP contribution in [-0.2, 0) is 16.6 Å². The molecule has 0 aliphatic carbocycles. The van der Waals surface area contributed by atoms with Crippen molar-refractivity contribution in [3.8, 4) is 5.75 Å². The number of nitro benzene ring substituents is 1. The molecular formula is C20H18N4O5S. The number of nitrogens with one attached hydrogen (secondary N) is 1. The summed E-state index contributed by atoms with van der Waals surface area (Å²) >= 11 is 0. The van der Waals surface area contributed by atoms with Crippen LogP contribution in [0, 0.1) is 17.0 Å². The summed E-state index contributed by atoms with van der Waals surface area (Å²) < 4.78 is 30.2. The largest absolute Gasteiger partial charge is 0.489 e. The van der Waals surface area contributed by atoms with E-state index in [2.05, 4.69) is 14.9 Å². The molecule has 3 aromatic rings. The summed E-state index contributed by atoms with van der Waals surface area (Å²) in [7, 11) is -3.89. The number of benzene rings is 2. The molecule has 154 valence electrons. The topological polar surface area (TPSA) is 124 Å². The van der Waals surface area contributed by atoms with Gasteiger partial charge < -0.3 is 4.74 Å². The van der Waals surface area contributed by atoms with Gasteiger partial charge in [0.25, 0.3) is 15.7 Å². The Hall–Kier alpha value is -3.79. The lowest BCUT2D eigenvalue weighted by molar-refractivity contribution is -0.385. The number of nitrogens with zero attached hydrogens (tertiary/aromatic N) is 3. The molecule has 0 saturated carbocycles. The first-order valence-electron chi connectivity index (χ1n) is 8.77. The molecule has 0 saturated heterocycles. The minimum atomic E-state index is -3.89. The van der Waals surface area contributed by atoms with Crippen molar-refractivity contribution in [2.75, 3.05) is 0 Å². The maximum atomic E-state index is 12.3. The zero-order chi connectivity index (χ0) is 21.6. The average Bonchev–Trinajstić information content (AvgIpc) is 2.73. The molecule has 30 heavy (non-hydrogen) atoms. The molecule has 0 bridgehead atoms. The molecule has 9 nitrogen and oxygen atoms in total. The number of aromatic nitrogens is 1. The third-order valence-corrected chi connectivity index (χ3v) is 5.27. The average molecular weight is 426 g/mol. The van der Waals surface area contributed by atoms with E-state index in [1.165, 1.54) is 30.3 Å². The van der Waals surface area contributed by atoms with E-state index in [-0.39, 0.29) is 22.8 Å². The Balaban J connectivity index is 1.77. The predicted octanol–water partition coefficient (Wildman–Crippen LogP) is 3.19. The van der Waals surface area contributed by atoms with Crippen LogP contribution in [0.15, 0.2) is 77.0 Å². The molecule has 0 aliphatic heterocycles. The van der Waals surface area contributed by atoms with E-state index in [1.807, 2.05) is 13.0 Å². The van der Waals surface area contributed by atoms with Gasteiger partial charge in [0.1, 0.15) is 12.4 Å². The van der Waals surface area contributed by atoms with Crippen molar-refractivity contribution < 1.29 is 18.1 Å². The highest BCUT2D eigenvalue weighted by Gasteiger charge is 2.15. The van der Waals surface area contributed by atoms with Crippen molar-refractivity contribution in [2.45, 2.75) is 18.4 Å². The molecule has 1 aromatic heterocycles. The van der Waals surface area contributed by atoms with E-state index < -0.39 is 14.9 Å². The van der Waals surface area contributed by atoms with Crippen LogP contribution in [-0.4, -0.2) is 24.5 Å². The van der Waals surface area contributed by atoms with Gasteiger partial charge in [-0.25, -0.2) is 4.83 Å². The standard InChI is InChI=1S/C20H18N4O5S/c1-15-4-7-19(8-5-15)30(27,28)23-22-13-17-11-18(6-9-20(17)24(25)26)29-14-16-3-2-10-21-12-16/h2-13,23H,14H2,1H3. The second-order valence-electron chi connectivity index (χ2n) is 6.29. The number of hydrazone groups is 1. The second kappa shape index (κ2) is 9.14. The molecule has 1 heterocycles. The molecule has 1 N–H and O–H groups in total. The van der Waals surface area contributed by atoms with Crippen molar-refractivity contribution in [1.82, 2.24) is 9.82 Å². The number of pyridine rings is 1. The lowest BCUT2D eigenvalue weighted by Crippen LogP contribution is -2.18. The Morgan fingerprint density at radius 1 is 1.20 bits per heavy atom. The highest BCUT2D eigenvalue weighted by Crippen LogP contribution is 2.23. The Morgan fingerprint density at radius 3 is 2.63 bits per heavy atom. The molecule has 0 atom stereocenters. The van der Waals surface area contributed by atoms with Crippen LogP contribution in [0.5, 0.6) is 5.75 Å². The zero-order valence-corrected chi connectivity index (χ0v) is 16.7. The fourth-order valence-corrected chi connectivity index (χ4v) is 3.27. The zero-order valence-electron chi connectivity index (χ0n) is 15.9. The maximum absolute atomic E-state index is 12.3. The lowest BCUT2D eigenvalue weighted by atomic mass is 10.2. The van der Waals surface area contributed by atoms with Crippen LogP contribution in [0.4, 0.5) is 5.69 Å². The minimum Gasteiger partial charge on any atom is -0.489 e. The van der Waals surface area contributed by atoms with Gasteiger partial charge in [0.15, 0.2) is 0 Å². The number of aryl methyl sites for hydroxylation is 1. The van der Waals surface area contributed by atoms with E-state index in [0.717, 1.165) is 17.3 Å². The quantitative estimate of drug-likeness (QED) is 0.335. The number of ether oxygens (including phenoxy) is 1. The third-order valence-electron chi connectivity index (χ3n) is 4.03. The summed E-state index contributed by atoms with van der Waals surface area (Å²) in [6.45, 7) is 2.06. The van der Waals surface area contributed by atoms with Crippen LogP contribution in [0.1, 0.15) is 16.7 Å². The Labute approximate surface area is 173 Å². The van der Waals surface area contributed by atoms with Gasteiger partial charge >= 0.3 is 0 Å². The van der Waals surface area contributed by atoms with Gasteiger partial charge in [-0.1, -0.05) is 23.8 Å². The molecule has 0 amide bonds. The molecule has 3 rings (SSSR count). The first kappa shape index (κ1) is 20.9. The first-order chi connectivity index (χ1) is 14.3. The summed E-state index contributed by atoms with van der Waals surface area (Å²) in [4.78, 5) is 16.8. The van der Waals surface area contributed by atoms with Gasteiger partial charge in [-0.05, 0) is 37.3 Å². The highest BCUT2D eigenvalue weighted by molar-refractivity contribution is 7.89. The van der Waals surface area contributed by atoms with Crippen LogP contribution in [0.3, 0.4) is 0 Å². The second-order valence-corrected chi connectivity index (χ2v) is 7.95. The number of nitro groups is 1. The fraction of sp³-hybridized carbons (Fsp3) is 0.100. The van der Waals surface area contributed by atoms with Gasteiger partial charge in [0.05, 0.1) is 21.6 Å². The van der Waals surface area contributed by atoms with Gasteiger partial charge in [-0.15, -0.1) is 0 Å². The SMILES string of the molecule is Cc1ccc(S(=O)(=O)NN=Cc2cc(OCc3cccnc3)ccc2[N+](=O)[O-])cc1. The Kier molecular flexibility index (Phi) is 6.38. The predicted molar refractivity (Wildman–Crippen MR) is 111 cm³/mol. The Bertz CT molecular complexity index is 1160. The molecule has 10 heteroatoms. The van der Waals surface area contributed by atoms with Crippen LogP contribution >= 0.6 is 0 Å². The van der Waals surface area contributed by atoms with E-state index in [1.54, 1.807) is 30.6 Å². The van der Waals surface area contributed by atoms with E-state index in [0.29, 0.717) is 5.75 Å². The van der Waals surface area contributed by atoms with E-state index in [4.69, 9.17) is 4.74 Å². The summed E-state index contributed by atoms with van der Waals surface area (Å²) in [5.41, 5.74) is 1.60. The number of hydrogen-bond donors (Lipinski definition) is 1. The van der Waals surface area contributed by atoms with Crippen molar-refractivity contribution >= 4 is 21.9 Å². The van der Waals surface area contributed by atoms with Crippen molar-refractivity contribution in [3.05, 3.63) is 93.8 Å². The number of sulfonamides is 1. The van der Waals surface area contributed by atoms with Crippen molar-refractivity contribution in [2.24, 2.45) is 5.10 Å². The number of rotatable bonds is 8. The minimum absolute atomic E-state index is 0.0355. The molecule has 0 spiro atoms. The van der Waals surface area contributed by atoms with E-state index in [9.17, 15) is 18.5 Å². The van der Waals surface area contributed by atoms with Crippen LogP contribution in [0.2, 0.25) is 0 Å². The summed E-state index contributed by atoms with van der Waals surface area (Å²) in [6, 6.07) is 14.0. The molecule has 0 unspecified atom stereocenters. The summed E-state index contributed by atoms with van der Waals surface area (Å²) in [5.74, 6) is 0.368. The van der Waals surface area contributed by atoms with Crippen molar-refractivity contribution in [3.63, 3.8) is 0 Å². The normalized spacial score (nSPS) is 11.4. The lowest BCUT2D eigenvalue weighted by Gasteiger charge is -2.07. The monoisotopic (exact) mass is 426 g/mol. The van der Waals surface area contributed by atoms with Gasteiger partial charge in [-0.3, -0.25) is 15.1 Å². The smallest absolute Gasteiger partial charge is 0.278 e. The maximum Gasteiger partial charge on any atom is 0.278 e. The summed E-state index contributed by atoms with van der Waals surface area (Å²) in [5, 5.41) is 15.0. The molecular weight excluding hydrogens is 408 g/mol. The fourth-order valence-electron chi connectivity index (χ4n) is 2.48. The molecule has 0 fully saturated rings. The Morgan fingerprint density at radius 2 is 1.97 bits per heavy atom. The molecule has 0 aliphatic rings. The van der Waals surface area contributed by atoms with Crippen LogP contribution < -0.4 is 9.57 Å². The summed E-state index contributed by atoms with van der Waals surface area (Å²) in [6.07, 6.45) is 4.36. The van der Waals surface area contributed by atoms with Gasteiger partial charge in [0.2, 0.25) is 0 Å². The van der Waals surface area contributed by atoms with Crippen LogP contribution in [0.25, 0.3) is 0 Å². The number of hydrogen-bond acceptors (Lipinski definition) is 7. The van der Waals surface area contributed by atoms with E-state index >= 15 is 0 Å². The highest BCUT2D eigenvalue weighted by atomic mass is 32.2. The van der Waals surface area contributed by atoms with Crippen molar-refractivity contribution in [1.29, 1.82) is 0 Å². The van der Waals surface area contributed by atoms with Gasteiger partial charge in [0, 0.05) is 24.0 Å². The van der Waals surface area contributed by atoms with Gasteiger partial charge in [-0.2, -0.15) is 13.5 Å². The first-order valence-corrected chi connectivity index (χ1v) is 10.3. The third kappa shape index (κ3) is 5.39. The molecule has 0 radical (unpaired) electrons. The molecule has 2 aromatic carbocycles.